The van der Waals surface area contributed by atoms with E-state index in [1.165, 1.54) is 77.0 Å². The summed E-state index contributed by atoms with van der Waals surface area (Å²) in [6, 6.07) is 0. The summed E-state index contributed by atoms with van der Waals surface area (Å²) in [4.78, 5) is 0. The van der Waals surface area contributed by atoms with Gasteiger partial charge in [-0.2, -0.15) is 0 Å². The van der Waals surface area contributed by atoms with Crippen molar-refractivity contribution in [3.63, 3.8) is 0 Å². The molecule has 0 rings (SSSR count). The van der Waals surface area contributed by atoms with Crippen molar-refractivity contribution >= 4 is 10.4 Å². The summed E-state index contributed by atoms with van der Waals surface area (Å²) in [6.45, 7) is 5.05. The fourth-order valence-electron chi connectivity index (χ4n) is 2.55. The van der Waals surface area contributed by atoms with E-state index >= 15 is 0 Å². The predicted octanol–water partition coefficient (Wildman–Crippen LogP) is -1.62. The Kier molecular flexibility index (Phi) is 35.5. The Labute approximate surface area is 200 Å². The van der Waals surface area contributed by atoms with Crippen molar-refractivity contribution < 1.29 is 81.7 Å². The Morgan fingerprint density at radius 2 is 1.08 bits per heavy atom. The largest absolute Gasteiger partial charge is 1.00 e. The number of unbranched alkanes of at least 4 members (excludes halogenated alkanes) is 9. The molecule has 25 heavy (non-hydrogen) atoms. The van der Waals surface area contributed by atoms with E-state index in [9.17, 15) is 0 Å². The maximum atomic E-state index is 8.70. The number of hydrogen-bond donors (Lipinski definition) is 1. The molecule has 0 radical (unpaired) electrons. The molecule has 0 heterocycles. The molecule has 0 fully saturated rings. The number of aliphatic hydroxyl groups is 1. The van der Waals surface area contributed by atoms with Gasteiger partial charge in [0.05, 0.1) is 0 Å². The maximum Gasteiger partial charge on any atom is 1.00 e. The van der Waals surface area contributed by atoms with Crippen LogP contribution in [0.15, 0.2) is 0 Å². The van der Waals surface area contributed by atoms with Crippen molar-refractivity contribution in [3.05, 3.63) is 0 Å². The number of rotatable bonds is 14. The van der Waals surface area contributed by atoms with Crippen molar-refractivity contribution in [2.75, 3.05) is 6.61 Å². The first kappa shape index (κ1) is 34.3. The van der Waals surface area contributed by atoms with Gasteiger partial charge in [-0.1, -0.05) is 90.9 Å². The minimum absolute atomic E-state index is 0. The summed E-state index contributed by atoms with van der Waals surface area (Å²) < 4.78 is 34.1. The molecule has 0 saturated carbocycles. The fraction of sp³-hybridized carbons (Fsp3) is 1.00. The Bertz CT molecular complexity index is 319. The summed E-state index contributed by atoms with van der Waals surface area (Å²) in [5.41, 5.74) is 0. The minimum Gasteiger partial charge on any atom is -0.759 e. The monoisotopic (exact) mass is 398 g/mol. The molecule has 8 heteroatoms. The van der Waals surface area contributed by atoms with Crippen molar-refractivity contribution in [3.8, 4) is 0 Å². The maximum absolute atomic E-state index is 8.70. The van der Waals surface area contributed by atoms with E-state index in [0.717, 1.165) is 12.3 Å². The average molecular weight is 399 g/mol. The molecule has 142 valence electrons. The molecular formula is C17H36Na2O5S. The van der Waals surface area contributed by atoms with Gasteiger partial charge in [0.25, 0.3) is 0 Å². The van der Waals surface area contributed by atoms with Gasteiger partial charge in [0.15, 0.2) is 0 Å². The van der Waals surface area contributed by atoms with Gasteiger partial charge < -0.3 is 14.2 Å². The minimum atomic E-state index is -5.17. The van der Waals surface area contributed by atoms with E-state index in [0.29, 0.717) is 6.61 Å². The molecular weight excluding hydrogens is 362 g/mol. The predicted molar refractivity (Wildman–Crippen MR) is 92.4 cm³/mol. The van der Waals surface area contributed by atoms with Gasteiger partial charge in [-0.05, 0) is 12.3 Å². The molecule has 0 bridgehead atoms. The molecule has 0 spiro atoms. The molecule has 1 unspecified atom stereocenters. The third-order valence-electron chi connectivity index (χ3n) is 3.91. The van der Waals surface area contributed by atoms with E-state index in [1.54, 1.807) is 0 Å². The van der Waals surface area contributed by atoms with E-state index in [-0.39, 0.29) is 59.1 Å². The van der Waals surface area contributed by atoms with Crippen LogP contribution in [0.3, 0.4) is 0 Å². The third kappa shape index (κ3) is 46.1. The van der Waals surface area contributed by atoms with Crippen molar-refractivity contribution in [1.82, 2.24) is 0 Å². The molecule has 5 nitrogen and oxygen atoms in total. The summed E-state index contributed by atoms with van der Waals surface area (Å²) >= 11 is 0. The van der Waals surface area contributed by atoms with E-state index < -0.39 is 10.4 Å². The van der Waals surface area contributed by atoms with Crippen LogP contribution in [-0.4, -0.2) is 29.2 Å². The molecule has 0 aliphatic carbocycles. The zero-order chi connectivity index (χ0) is 18.0. The molecule has 0 aliphatic heterocycles. The Morgan fingerprint density at radius 3 is 1.44 bits per heavy atom. The first-order chi connectivity index (χ1) is 10.8. The molecule has 0 aliphatic rings. The Balaban J connectivity index is -0.000000276. The van der Waals surface area contributed by atoms with Gasteiger partial charge >= 0.3 is 59.1 Å². The Hall–Kier alpha value is 1.83. The zero-order valence-electron chi connectivity index (χ0n) is 17.0. The molecule has 1 atom stereocenters. The van der Waals surface area contributed by atoms with Gasteiger partial charge in [0.1, 0.15) is 0 Å². The molecule has 0 aromatic heterocycles. The smallest absolute Gasteiger partial charge is 0.759 e. The van der Waals surface area contributed by atoms with E-state index in [2.05, 4.69) is 13.8 Å². The van der Waals surface area contributed by atoms with Gasteiger partial charge in [-0.25, -0.2) is 0 Å². The van der Waals surface area contributed by atoms with Crippen LogP contribution in [0.2, 0.25) is 0 Å². The molecule has 0 aromatic carbocycles. The quantitative estimate of drug-likeness (QED) is 0.164. The zero-order valence-corrected chi connectivity index (χ0v) is 21.8. The van der Waals surface area contributed by atoms with Crippen LogP contribution in [-0.2, 0) is 10.4 Å². The number of hydrogen-bond acceptors (Lipinski definition) is 5. The third-order valence-corrected chi connectivity index (χ3v) is 3.91. The molecule has 0 amide bonds. The summed E-state index contributed by atoms with van der Waals surface area (Å²) in [5.74, 6) is 0.912. The van der Waals surface area contributed by atoms with Gasteiger partial charge in [-0.3, -0.25) is 8.42 Å². The van der Waals surface area contributed by atoms with Gasteiger partial charge in [0.2, 0.25) is 0 Å². The summed E-state index contributed by atoms with van der Waals surface area (Å²) in [5, 5.41) is 8.70. The number of aliphatic hydroxyl groups excluding tert-OH is 1. The van der Waals surface area contributed by atoms with Crippen LogP contribution in [0.5, 0.6) is 0 Å². The topological polar surface area (TPSA) is 100 Å². The van der Waals surface area contributed by atoms with Gasteiger partial charge in [-0.15, -0.1) is 0 Å². The second-order valence-electron chi connectivity index (χ2n) is 6.35. The second kappa shape index (κ2) is 25.8. The van der Waals surface area contributed by atoms with Crippen LogP contribution in [0.25, 0.3) is 0 Å². The SMILES string of the molecule is CCCCCCCCCC(C)CCCCCCO.O=S(=O)([O-])[O-].[Na+].[Na+]. The van der Waals surface area contributed by atoms with Crippen LogP contribution in [0.1, 0.15) is 97.3 Å². The first-order valence-corrected chi connectivity index (χ1v) is 10.4. The fourth-order valence-corrected chi connectivity index (χ4v) is 2.55. The molecule has 0 aromatic rings. The second-order valence-corrected chi connectivity index (χ2v) is 7.17. The summed E-state index contributed by atoms with van der Waals surface area (Å²) in [6.07, 6.45) is 17.7. The van der Waals surface area contributed by atoms with Crippen LogP contribution in [0, 0.1) is 5.92 Å². The van der Waals surface area contributed by atoms with E-state index in [1.807, 2.05) is 0 Å². The Morgan fingerprint density at radius 1 is 0.760 bits per heavy atom. The van der Waals surface area contributed by atoms with Crippen LogP contribution >= 0.6 is 0 Å². The van der Waals surface area contributed by atoms with Crippen LogP contribution in [0.4, 0.5) is 0 Å². The van der Waals surface area contributed by atoms with E-state index in [4.69, 9.17) is 22.6 Å². The van der Waals surface area contributed by atoms with Crippen LogP contribution < -0.4 is 59.1 Å². The molecule has 1 N–H and O–H groups in total. The standard InChI is InChI=1S/C17H36O.2Na.H2O4S/c1-3-4-5-6-7-8-11-14-17(2)15-12-9-10-13-16-18;;;1-5(2,3)4/h17-18H,3-16H2,1-2H3;;;(H2,1,2,3,4)/q;2*+1;/p-2. The van der Waals surface area contributed by atoms with Crippen molar-refractivity contribution in [1.29, 1.82) is 0 Å². The van der Waals surface area contributed by atoms with Crippen molar-refractivity contribution in [2.24, 2.45) is 5.92 Å². The first-order valence-electron chi connectivity index (χ1n) is 9.08. The van der Waals surface area contributed by atoms with Gasteiger partial charge in [0, 0.05) is 17.0 Å². The normalized spacial score (nSPS) is 11.6. The molecule has 0 saturated heterocycles. The van der Waals surface area contributed by atoms with Crippen molar-refractivity contribution in [2.45, 2.75) is 97.3 Å². The summed E-state index contributed by atoms with van der Waals surface area (Å²) in [7, 11) is -5.17. The average Bonchev–Trinajstić information content (AvgIpc) is 2.44.